The largest absolute Gasteiger partial charge is 0.506 e. The van der Waals surface area contributed by atoms with E-state index in [4.69, 9.17) is 17.0 Å². The molecule has 1 aromatic carbocycles. The number of aromatic hydroxyl groups is 1. The van der Waals surface area contributed by atoms with E-state index in [2.05, 4.69) is 16.4 Å². The zero-order valence-corrected chi connectivity index (χ0v) is 19.1. The predicted molar refractivity (Wildman–Crippen MR) is 126 cm³/mol. The highest BCUT2D eigenvalue weighted by molar-refractivity contribution is 7.80. The van der Waals surface area contributed by atoms with Crippen LogP contribution in [0.25, 0.3) is 5.69 Å². The van der Waals surface area contributed by atoms with E-state index in [1.165, 1.54) is 7.11 Å². The summed E-state index contributed by atoms with van der Waals surface area (Å²) in [7, 11) is 1.39. The van der Waals surface area contributed by atoms with Crippen molar-refractivity contribution in [2.75, 3.05) is 13.7 Å². The van der Waals surface area contributed by atoms with Gasteiger partial charge in [-0.25, -0.2) is 0 Å². The van der Waals surface area contributed by atoms with Crippen molar-refractivity contribution in [1.82, 2.24) is 19.8 Å². The molecule has 3 heterocycles. The molecule has 4 rings (SSSR count). The van der Waals surface area contributed by atoms with E-state index in [1.54, 1.807) is 18.3 Å². The van der Waals surface area contributed by atoms with Gasteiger partial charge in [-0.2, -0.15) is 0 Å². The minimum absolute atomic E-state index is 0.173. The highest BCUT2D eigenvalue weighted by Crippen LogP contribution is 2.42. The Morgan fingerprint density at radius 1 is 1.22 bits per heavy atom. The number of methoxy groups -OCH3 is 1. The second-order valence-corrected chi connectivity index (χ2v) is 8.18. The molecule has 0 amide bonds. The molecule has 2 atom stereocenters. The first-order valence-corrected chi connectivity index (χ1v) is 10.8. The molecule has 0 spiro atoms. The number of carbonyl (C=O) groups is 1. The molecular formula is C24H26N4O3S. The Morgan fingerprint density at radius 3 is 2.66 bits per heavy atom. The van der Waals surface area contributed by atoms with Crippen LogP contribution in [0.15, 0.2) is 54.7 Å². The second kappa shape index (κ2) is 9.00. The minimum atomic E-state index is -0.285. The standard InChI is InChI=1S/C24H26N4O3S/c1-15-14-17(16(2)28(15)19-9-4-5-10-20(19)29)23-22(18-8-6-7-12-25-18)26-24(32)27(23)13-11-21(30)31-3/h4-10,12,14,22-23,29H,11,13H2,1-3H3,(H,26,32)/t22-,23+/m1/s1. The lowest BCUT2D eigenvalue weighted by atomic mass is 9.96. The molecule has 0 unspecified atom stereocenters. The fourth-order valence-electron chi connectivity index (χ4n) is 4.41. The van der Waals surface area contributed by atoms with Crippen molar-refractivity contribution in [2.45, 2.75) is 32.4 Å². The maximum absolute atomic E-state index is 11.9. The van der Waals surface area contributed by atoms with Crippen LogP contribution in [-0.4, -0.2) is 44.3 Å². The lowest BCUT2D eigenvalue weighted by Gasteiger charge is -2.28. The fraction of sp³-hybridized carbons (Fsp3) is 0.292. The molecule has 0 radical (unpaired) electrons. The van der Waals surface area contributed by atoms with Gasteiger partial charge in [0.15, 0.2) is 5.11 Å². The predicted octanol–water partition coefficient (Wildman–Crippen LogP) is 3.73. The third-order valence-corrected chi connectivity index (χ3v) is 6.25. The van der Waals surface area contributed by atoms with Gasteiger partial charge in [0.1, 0.15) is 5.75 Å². The lowest BCUT2D eigenvalue weighted by Crippen LogP contribution is -2.32. The highest BCUT2D eigenvalue weighted by atomic mass is 32.1. The lowest BCUT2D eigenvalue weighted by molar-refractivity contribution is -0.140. The molecule has 32 heavy (non-hydrogen) atoms. The van der Waals surface area contributed by atoms with Gasteiger partial charge in [-0.15, -0.1) is 0 Å². The summed E-state index contributed by atoms with van der Waals surface area (Å²) in [6, 6.07) is 14.8. The van der Waals surface area contributed by atoms with Crippen LogP contribution in [0.3, 0.4) is 0 Å². The maximum atomic E-state index is 11.9. The van der Waals surface area contributed by atoms with Crippen LogP contribution in [0, 0.1) is 13.8 Å². The summed E-state index contributed by atoms with van der Waals surface area (Å²) >= 11 is 5.67. The van der Waals surface area contributed by atoms with Crippen molar-refractivity contribution < 1.29 is 14.6 Å². The Bertz CT molecular complexity index is 1150. The van der Waals surface area contributed by atoms with E-state index >= 15 is 0 Å². The summed E-state index contributed by atoms with van der Waals surface area (Å²) in [6.07, 6.45) is 1.99. The second-order valence-electron chi connectivity index (χ2n) is 7.80. The van der Waals surface area contributed by atoms with Gasteiger partial charge in [-0.05, 0) is 62.0 Å². The van der Waals surface area contributed by atoms with Crippen molar-refractivity contribution in [3.63, 3.8) is 0 Å². The number of rotatable bonds is 6. The molecule has 1 fully saturated rings. The monoisotopic (exact) mass is 450 g/mol. The molecule has 8 heteroatoms. The van der Waals surface area contributed by atoms with Crippen LogP contribution in [0.2, 0.25) is 0 Å². The van der Waals surface area contributed by atoms with Crippen LogP contribution >= 0.6 is 12.2 Å². The maximum Gasteiger partial charge on any atom is 0.307 e. The number of esters is 1. The number of pyridine rings is 1. The summed E-state index contributed by atoms with van der Waals surface area (Å²) in [4.78, 5) is 18.5. The van der Waals surface area contributed by atoms with E-state index in [0.717, 1.165) is 28.3 Å². The van der Waals surface area contributed by atoms with Gasteiger partial charge < -0.3 is 24.6 Å². The minimum Gasteiger partial charge on any atom is -0.506 e. The molecule has 1 saturated heterocycles. The first-order chi connectivity index (χ1) is 15.4. The molecule has 1 aliphatic heterocycles. The third kappa shape index (κ3) is 3.93. The van der Waals surface area contributed by atoms with E-state index in [-0.39, 0.29) is 30.2 Å². The zero-order chi connectivity index (χ0) is 22.8. The molecule has 0 saturated carbocycles. The summed E-state index contributed by atoms with van der Waals surface area (Å²) in [5, 5.41) is 14.4. The van der Waals surface area contributed by atoms with Gasteiger partial charge in [0, 0.05) is 24.1 Å². The average Bonchev–Trinajstić information content (AvgIpc) is 3.28. The van der Waals surface area contributed by atoms with E-state index in [9.17, 15) is 9.90 Å². The number of aryl methyl sites for hydroxylation is 1. The van der Waals surface area contributed by atoms with Crippen molar-refractivity contribution >= 4 is 23.3 Å². The first kappa shape index (κ1) is 21.8. The average molecular weight is 451 g/mol. The van der Waals surface area contributed by atoms with Gasteiger partial charge in [0.05, 0.1) is 37.0 Å². The Labute approximate surface area is 192 Å². The van der Waals surface area contributed by atoms with Gasteiger partial charge in [-0.3, -0.25) is 9.78 Å². The molecule has 1 aliphatic rings. The first-order valence-electron chi connectivity index (χ1n) is 10.4. The molecule has 0 aliphatic carbocycles. The molecule has 2 N–H and O–H groups in total. The molecule has 7 nitrogen and oxygen atoms in total. The normalized spacial score (nSPS) is 18.0. The molecule has 166 valence electrons. The summed E-state index contributed by atoms with van der Waals surface area (Å²) in [5.74, 6) is -0.0720. The topological polar surface area (TPSA) is 79.6 Å². The Kier molecular flexibility index (Phi) is 6.14. The van der Waals surface area contributed by atoms with Crippen molar-refractivity contribution in [1.29, 1.82) is 0 Å². The molecule has 0 bridgehead atoms. The van der Waals surface area contributed by atoms with Crippen LogP contribution in [0.5, 0.6) is 5.75 Å². The summed E-state index contributed by atoms with van der Waals surface area (Å²) in [6.45, 7) is 4.47. The number of ether oxygens (including phenoxy) is 1. The van der Waals surface area contributed by atoms with Gasteiger partial charge in [0.25, 0.3) is 0 Å². The van der Waals surface area contributed by atoms with Gasteiger partial charge in [0.2, 0.25) is 0 Å². The van der Waals surface area contributed by atoms with Crippen molar-refractivity contribution in [3.8, 4) is 11.4 Å². The zero-order valence-electron chi connectivity index (χ0n) is 18.3. The van der Waals surface area contributed by atoms with Gasteiger partial charge >= 0.3 is 5.97 Å². The van der Waals surface area contributed by atoms with Crippen LogP contribution < -0.4 is 5.32 Å². The SMILES string of the molecule is COC(=O)CCN1C(=S)N[C@H](c2ccccn2)[C@@H]1c1cc(C)n(-c2ccccc2O)c1C. The van der Waals surface area contributed by atoms with E-state index < -0.39 is 0 Å². The number of phenolic OH excluding ortho intramolecular Hbond substituents is 1. The van der Waals surface area contributed by atoms with Crippen molar-refractivity contribution in [3.05, 3.63) is 77.4 Å². The highest BCUT2D eigenvalue weighted by Gasteiger charge is 2.41. The Balaban J connectivity index is 1.81. The summed E-state index contributed by atoms with van der Waals surface area (Å²) < 4.78 is 6.88. The third-order valence-electron chi connectivity index (χ3n) is 5.89. The molecular weight excluding hydrogens is 424 g/mol. The number of carbonyl (C=O) groups excluding carboxylic acids is 1. The van der Waals surface area contributed by atoms with Crippen molar-refractivity contribution in [2.24, 2.45) is 0 Å². The number of aromatic nitrogens is 2. The van der Waals surface area contributed by atoms with Crippen LogP contribution in [0.1, 0.15) is 41.1 Å². The van der Waals surface area contributed by atoms with Crippen LogP contribution in [-0.2, 0) is 9.53 Å². The fourth-order valence-corrected chi connectivity index (χ4v) is 4.74. The number of hydrogen-bond acceptors (Lipinski definition) is 5. The number of para-hydroxylation sites is 2. The Hall–Kier alpha value is -3.39. The smallest absolute Gasteiger partial charge is 0.307 e. The summed E-state index contributed by atoms with van der Waals surface area (Å²) in [5.41, 5.74) is 4.62. The number of thiocarbonyl (C=S) groups is 1. The number of benzene rings is 1. The quantitative estimate of drug-likeness (QED) is 0.438. The number of nitrogens with one attached hydrogen (secondary N) is 1. The van der Waals surface area contributed by atoms with Crippen LogP contribution in [0.4, 0.5) is 0 Å². The molecule has 3 aromatic rings. The number of hydrogen-bond donors (Lipinski definition) is 2. The van der Waals surface area contributed by atoms with E-state index in [1.807, 2.05) is 53.6 Å². The molecule has 2 aromatic heterocycles. The van der Waals surface area contributed by atoms with Gasteiger partial charge in [-0.1, -0.05) is 18.2 Å². The van der Waals surface area contributed by atoms with E-state index in [0.29, 0.717) is 11.7 Å². The number of phenols is 1. The number of nitrogens with zero attached hydrogens (tertiary/aromatic N) is 3. The Morgan fingerprint density at radius 2 is 1.97 bits per heavy atom.